The van der Waals surface area contributed by atoms with E-state index in [0.717, 1.165) is 23.3 Å². The molecule has 0 atom stereocenters. The minimum atomic E-state index is 0.238. The molecule has 1 aromatic heterocycles. The van der Waals surface area contributed by atoms with Crippen LogP contribution >= 0.6 is 15.9 Å². The molecule has 0 saturated carbocycles. The van der Waals surface area contributed by atoms with Gasteiger partial charge in [-0.2, -0.15) is 0 Å². The minimum Gasteiger partial charge on any atom is -0.450 e. The lowest BCUT2D eigenvalue weighted by Gasteiger charge is -1.96. The Morgan fingerprint density at radius 2 is 2.15 bits per heavy atom. The van der Waals surface area contributed by atoms with Gasteiger partial charge in [0, 0.05) is 12.0 Å². The molecule has 0 bridgehead atoms. The third kappa shape index (κ3) is 1.48. The van der Waals surface area contributed by atoms with Gasteiger partial charge in [-0.25, -0.2) is 0 Å². The summed E-state index contributed by atoms with van der Waals surface area (Å²) >= 11 is 3.24. The van der Waals surface area contributed by atoms with E-state index in [1.807, 2.05) is 19.1 Å². The summed E-state index contributed by atoms with van der Waals surface area (Å²) in [6.45, 7) is 1.86. The van der Waals surface area contributed by atoms with Crippen LogP contribution in [0.25, 0.3) is 5.57 Å². The molecular weight excluding hydrogens is 232 g/mol. The molecule has 1 heterocycles. The maximum atomic E-state index is 11.3. The molecule has 2 nitrogen and oxygen atoms in total. The van der Waals surface area contributed by atoms with E-state index in [2.05, 4.69) is 15.9 Å². The molecule has 3 heteroatoms. The van der Waals surface area contributed by atoms with Crippen molar-refractivity contribution in [2.45, 2.75) is 19.8 Å². The molecule has 1 aromatic rings. The highest BCUT2D eigenvalue weighted by molar-refractivity contribution is 9.10. The lowest BCUT2D eigenvalue weighted by atomic mass is 10.1. The molecule has 1 aliphatic carbocycles. The molecule has 2 rings (SSSR count). The summed E-state index contributed by atoms with van der Waals surface area (Å²) in [5.41, 5.74) is 1.90. The highest BCUT2D eigenvalue weighted by atomic mass is 79.9. The van der Waals surface area contributed by atoms with Gasteiger partial charge in [0.15, 0.2) is 10.5 Å². The summed E-state index contributed by atoms with van der Waals surface area (Å²) in [4.78, 5) is 11.3. The highest BCUT2D eigenvalue weighted by Crippen LogP contribution is 2.33. The Bertz CT molecular complexity index is 387. The fourth-order valence-corrected chi connectivity index (χ4v) is 1.87. The molecule has 68 valence electrons. The van der Waals surface area contributed by atoms with E-state index in [9.17, 15) is 4.79 Å². The number of carbonyl (C=O) groups is 1. The van der Waals surface area contributed by atoms with Crippen LogP contribution in [-0.4, -0.2) is 5.78 Å². The number of furan rings is 1. The van der Waals surface area contributed by atoms with Crippen molar-refractivity contribution in [1.29, 1.82) is 0 Å². The van der Waals surface area contributed by atoms with Gasteiger partial charge in [0.25, 0.3) is 0 Å². The van der Waals surface area contributed by atoms with Crippen molar-refractivity contribution < 1.29 is 9.21 Å². The van der Waals surface area contributed by atoms with Gasteiger partial charge in [-0.1, -0.05) is 0 Å². The topological polar surface area (TPSA) is 30.2 Å². The molecule has 0 amide bonds. The van der Waals surface area contributed by atoms with Crippen LogP contribution in [0.2, 0.25) is 0 Å². The van der Waals surface area contributed by atoms with Gasteiger partial charge >= 0.3 is 0 Å². The van der Waals surface area contributed by atoms with Crippen molar-refractivity contribution in [1.82, 2.24) is 0 Å². The molecule has 0 N–H and O–H groups in total. The Labute approximate surface area is 84.7 Å². The monoisotopic (exact) mass is 240 g/mol. The summed E-state index contributed by atoms with van der Waals surface area (Å²) in [5.74, 6) is 1.05. The number of halogens is 1. The Morgan fingerprint density at radius 3 is 2.62 bits per heavy atom. The van der Waals surface area contributed by atoms with E-state index >= 15 is 0 Å². The predicted molar refractivity (Wildman–Crippen MR) is 53.2 cm³/mol. The van der Waals surface area contributed by atoms with Gasteiger partial charge in [-0.3, -0.25) is 4.79 Å². The van der Waals surface area contributed by atoms with E-state index in [0.29, 0.717) is 11.1 Å². The lowest BCUT2D eigenvalue weighted by molar-refractivity contribution is -0.114. The zero-order valence-electron chi connectivity index (χ0n) is 7.26. The number of rotatable bonds is 1. The van der Waals surface area contributed by atoms with Crippen LogP contribution in [0.3, 0.4) is 0 Å². The summed E-state index contributed by atoms with van der Waals surface area (Å²) in [6.07, 6.45) is 1.43. The van der Waals surface area contributed by atoms with Gasteiger partial charge < -0.3 is 4.42 Å². The summed E-state index contributed by atoms with van der Waals surface area (Å²) in [5, 5.41) is 0. The van der Waals surface area contributed by atoms with Crippen LogP contribution in [0.15, 0.2) is 26.8 Å². The maximum absolute atomic E-state index is 11.3. The van der Waals surface area contributed by atoms with Crippen LogP contribution in [0.4, 0.5) is 0 Å². The molecule has 0 spiro atoms. The second-order valence-corrected chi connectivity index (χ2v) is 3.91. The Balaban J connectivity index is 2.42. The average Bonchev–Trinajstić information content (AvgIpc) is 2.62. The zero-order valence-corrected chi connectivity index (χ0v) is 8.85. The Hall–Kier alpha value is -0.830. The van der Waals surface area contributed by atoms with Crippen molar-refractivity contribution in [2.24, 2.45) is 0 Å². The zero-order chi connectivity index (χ0) is 9.42. The second-order valence-electron chi connectivity index (χ2n) is 3.13. The number of allylic oxidation sites excluding steroid dienone is 2. The van der Waals surface area contributed by atoms with Crippen molar-refractivity contribution in [3.05, 3.63) is 28.1 Å². The highest BCUT2D eigenvalue weighted by Gasteiger charge is 2.22. The fraction of sp³-hybridized carbons (Fsp3) is 0.300. The molecular formula is C10H9BrO2. The number of hydrogen-bond acceptors (Lipinski definition) is 2. The Kier molecular flexibility index (Phi) is 2.12. The lowest BCUT2D eigenvalue weighted by Crippen LogP contribution is -1.89. The Morgan fingerprint density at radius 1 is 1.38 bits per heavy atom. The van der Waals surface area contributed by atoms with Crippen molar-refractivity contribution in [2.75, 3.05) is 0 Å². The minimum absolute atomic E-state index is 0.238. The summed E-state index contributed by atoms with van der Waals surface area (Å²) in [6, 6.07) is 3.74. The normalized spacial score (nSPS) is 17.2. The molecule has 0 saturated heterocycles. The van der Waals surface area contributed by atoms with E-state index in [1.165, 1.54) is 0 Å². The molecule has 0 fully saturated rings. The van der Waals surface area contributed by atoms with E-state index in [1.54, 1.807) is 0 Å². The number of Topliss-reactive ketones (excluding diaryl/α,β-unsaturated/α-hetero) is 1. The summed E-state index contributed by atoms with van der Waals surface area (Å²) in [7, 11) is 0. The van der Waals surface area contributed by atoms with Gasteiger partial charge in [-0.15, -0.1) is 0 Å². The van der Waals surface area contributed by atoms with Crippen LogP contribution in [-0.2, 0) is 4.79 Å². The number of ketones is 1. The predicted octanol–water partition coefficient (Wildman–Crippen LogP) is 3.18. The number of hydrogen-bond donors (Lipinski definition) is 0. The second kappa shape index (κ2) is 3.14. The maximum Gasteiger partial charge on any atom is 0.169 e. The first kappa shape index (κ1) is 8.75. The van der Waals surface area contributed by atoms with Crippen molar-refractivity contribution in [3.8, 4) is 0 Å². The largest absolute Gasteiger partial charge is 0.450 e. The molecule has 1 aliphatic rings. The third-order valence-electron chi connectivity index (χ3n) is 2.34. The van der Waals surface area contributed by atoms with Crippen LogP contribution < -0.4 is 0 Å². The van der Waals surface area contributed by atoms with Crippen LogP contribution in [0, 0.1) is 0 Å². The van der Waals surface area contributed by atoms with Gasteiger partial charge in [0.1, 0.15) is 5.76 Å². The molecule has 0 unspecified atom stereocenters. The van der Waals surface area contributed by atoms with E-state index in [4.69, 9.17) is 4.42 Å². The van der Waals surface area contributed by atoms with Gasteiger partial charge in [0.2, 0.25) is 0 Å². The fourth-order valence-electron chi connectivity index (χ4n) is 1.57. The first-order chi connectivity index (χ1) is 6.18. The molecule has 0 aromatic carbocycles. The van der Waals surface area contributed by atoms with E-state index < -0.39 is 0 Å². The standard InChI is InChI=1S/C10H9BrO2/c1-6-7(2-3-8(6)12)9-4-5-10(11)13-9/h4-5H,2-3H2,1H3. The molecule has 0 radical (unpaired) electrons. The molecule has 0 aliphatic heterocycles. The van der Waals surface area contributed by atoms with Gasteiger partial charge in [-0.05, 0) is 47.0 Å². The number of carbonyl (C=O) groups excluding carboxylic acids is 1. The first-order valence-corrected chi connectivity index (χ1v) is 4.96. The van der Waals surface area contributed by atoms with Crippen LogP contribution in [0.5, 0.6) is 0 Å². The smallest absolute Gasteiger partial charge is 0.169 e. The van der Waals surface area contributed by atoms with Crippen molar-refractivity contribution >= 4 is 27.3 Å². The van der Waals surface area contributed by atoms with E-state index in [-0.39, 0.29) is 5.78 Å². The first-order valence-electron chi connectivity index (χ1n) is 4.17. The summed E-state index contributed by atoms with van der Waals surface area (Å²) < 4.78 is 6.10. The molecule has 13 heavy (non-hydrogen) atoms. The SMILES string of the molecule is CC1=C(c2ccc(Br)o2)CCC1=O. The third-order valence-corrected chi connectivity index (χ3v) is 2.77. The van der Waals surface area contributed by atoms with Crippen molar-refractivity contribution in [3.63, 3.8) is 0 Å². The quantitative estimate of drug-likeness (QED) is 0.755. The van der Waals surface area contributed by atoms with Crippen LogP contribution in [0.1, 0.15) is 25.5 Å². The average molecular weight is 241 g/mol. The van der Waals surface area contributed by atoms with Gasteiger partial charge in [0.05, 0.1) is 0 Å².